The van der Waals surface area contributed by atoms with E-state index < -0.39 is 0 Å². The molecular formula is C18H19N5O2. The summed E-state index contributed by atoms with van der Waals surface area (Å²) in [5.74, 6) is 0.138. The summed E-state index contributed by atoms with van der Waals surface area (Å²) in [6, 6.07) is 5.69. The van der Waals surface area contributed by atoms with Crippen LogP contribution in [-0.4, -0.2) is 55.4 Å². The SMILES string of the molecule is O=C1CC[C@@H]2[C@@H](CCN2C(=O)c2ccnnc2)N1Cc1ccncc1. The summed E-state index contributed by atoms with van der Waals surface area (Å²) in [7, 11) is 0. The van der Waals surface area contributed by atoms with Crippen LogP contribution in [0.1, 0.15) is 35.2 Å². The first-order valence-corrected chi connectivity index (χ1v) is 8.50. The number of piperidine rings is 1. The Labute approximate surface area is 145 Å². The summed E-state index contributed by atoms with van der Waals surface area (Å²) >= 11 is 0. The van der Waals surface area contributed by atoms with Crippen molar-refractivity contribution >= 4 is 11.8 Å². The fourth-order valence-corrected chi connectivity index (χ4v) is 3.87. The van der Waals surface area contributed by atoms with E-state index in [2.05, 4.69) is 15.2 Å². The molecule has 0 aromatic carbocycles. The van der Waals surface area contributed by atoms with E-state index in [0.29, 0.717) is 25.1 Å². The number of carbonyl (C=O) groups is 2. The Balaban J connectivity index is 1.54. The maximum atomic E-state index is 12.8. The van der Waals surface area contributed by atoms with E-state index >= 15 is 0 Å². The second kappa shape index (κ2) is 6.58. The molecule has 0 radical (unpaired) electrons. The number of amides is 2. The maximum Gasteiger partial charge on any atom is 0.255 e. The quantitative estimate of drug-likeness (QED) is 0.843. The van der Waals surface area contributed by atoms with E-state index in [-0.39, 0.29) is 23.9 Å². The second-order valence-electron chi connectivity index (χ2n) is 6.47. The lowest BCUT2D eigenvalue weighted by molar-refractivity contribution is -0.138. The highest BCUT2D eigenvalue weighted by Gasteiger charge is 2.44. The maximum absolute atomic E-state index is 12.8. The van der Waals surface area contributed by atoms with Crippen molar-refractivity contribution in [2.75, 3.05) is 6.54 Å². The Kier molecular flexibility index (Phi) is 4.13. The molecule has 2 fully saturated rings. The normalized spacial score (nSPS) is 22.8. The second-order valence-corrected chi connectivity index (χ2v) is 6.47. The van der Waals surface area contributed by atoms with Gasteiger partial charge in [-0.15, -0.1) is 0 Å². The van der Waals surface area contributed by atoms with Gasteiger partial charge in [-0.1, -0.05) is 0 Å². The topological polar surface area (TPSA) is 79.3 Å². The van der Waals surface area contributed by atoms with Crippen molar-refractivity contribution in [1.29, 1.82) is 0 Å². The van der Waals surface area contributed by atoms with E-state index in [1.54, 1.807) is 18.5 Å². The Morgan fingerprint density at radius 3 is 2.68 bits per heavy atom. The van der Waals surface area contributed by atoms with E-state index in [1.165, 1.54) is 12.4 Å². The first-order valence-electron chi connectivity index (χ1n) is 8.50. The molecule has 0 aliphatic carbocycles. The molecule has 128 valence electrons. The molecule has 7 heteroatoms. The van der Waals surface area contributed by atoms with Crippen LogP contribution in [0.25, 0.3) is 0 Å². The van der Waals surface area contributed by atoms with Crippen LogP contribution in [0.2, 0.25) is 0 Å². The summed E-state index contributed by atoms with van der Waals surface area (Å²) in [6.07, 6.45) is 8.51. The van der Waals surface area contributed by atoms with Crippen LogP contribution in [0.5, 0.6) is 0 Å². The van der Waals surface area contributed by atoms with Gasteiger partial charge in [-0.05, 0) is 36.6 Å². The third-order valence-electron chi connectivity index (χ3n) is 5.08. The van der Waals surface area contributed by atoms with Crippen LogP contribution in [0.15, 0.2) is 43.0 Å². The molecule has 4 heterocycles. The molecule has 2 saturated heterocycles. The lowest BCUT2D eigenvalue weighted by Gasteiger charge is -2.39. The molecule has 2 aliphatic heterocycles. The lowest BCUT2D eigenvalue weighted by atomic mass is 9.95. The first kappa shape index (κ1) is 15.7. The molecular weight excluding hydrogens is 318 g/mol. The number of hydrogen-bond acceptors (Lipinski definition) is 5. The van der Waals surface area contributed by atoms with Crippen molar-refractivity contribution < 1.29 is 9.59 Å². The molecule has 2 aromatic rings. The van der Waals surface area contributed by atoms with Gasteiger partial charge < -0.3 is 9.80 Å². The predicted molar refractivity (Wildman–Crippen MR) is 89.3 cm³/mol. The Hall–Kier alpha value is -2.83. The molecule has 0 bridgehead atoms. The average molecular weight is 337 g/mol. The number of carbonyl (C=O) groups excluding carboxylic acids is 2. The number of aromatic nitrogens is 3. The van der Waals surface area contributed by atoms with Gasteiger partial charge in [0.05, 0.1) is 30.0 Å². The highest BCUT2D eigenvalue weighted by atomic mass is 16.2. The molecule has 2 aromatic heterocycles. The largest absolute Gasteiger partial charge is 0.333 e. The van der Waals surface area contributed by atoms with Gasteiger partial charge in [0.25, 0.3) is 5.91 Å². The number of pyridine rings is 1. The number of nitrogens with zero attached hydrogens (tertiary/aromatic N) is 5. The third-order valence-corrected chi connectivity index (χ3v) is 5.08. The standard InChI is InChI=1S/C18H19N5O2/c24-17-2-1-15-16(23(17)12-13-3-7-19-8-4-13)6-10-22(15)18(25)14-5-9-20-21-11-14/h3-5,7-9,11,15-16H,1-2,6,10,12H2/t15-,16-/m1/s1. The van der Waals surface area contributed by atoms with E-state index in [4.69, 9.17) is 0 Å². The minimum absolute atomic E-state index is 0.0272. The van der Waals surface area contributed by atoms with Crippen LogP contribution in [0.3, 0.4) is 0 Å². The summed E-state index contributed by atoms with van der Waals surface area (Å²) in [5, 5.41) is 7.52. The summed E-state index contributed by atoms with van der Waals surface area (Å²) in [4.78, 5) is 33.1. The Bertz CT molecular complexity index is 768. The fourth-order valence-electron chi connectivity index (χ4n) is 3.87. The number of likely N-dealkylation sites (tertiary alicyclic amines) is 2. The van der Waals surface area contributed by atoms with Gasteiger partial charge in [-0.2, -0.15) is 10.2 Å². The minimum atomic E-state index is -0.0272. The zero-order chi connectivity index (χ0) is 17.2. The smallest absolute Gasteiger partial charge is 0.255 e. The van der Waals surface area contributed by atoms with E-state index in [0.717, 1.165) is 18.4 Å². The molecule has 0 saturated carbocycles. The van der Waals surface area contributed by atoms with E-state index in [9.17, 15) is 9.59 Å². The highest BCUT2D eigenvalue weighted by molar-refractivity contribution is 5.94. The van der Waals surface area contributed by atoms with Crippen LogP contribution < -0.4 is 0 Å². The Morgan fingerprint density at radius 2 is 1.92 bits per heavy atom. The number of fused-ring (bicyclic) bond motifs is 1. The van der Waals surface area contributed by atoms with Gasteiger partial charge >= 0.3 is 0 Å². The van der Waals surface area contributed by atoms with Gasteiger partial charge in [0, 0.05) is 31.9 Å². The molecule has 2 aliphatic rings. The van der Waals surface area contributed by atoms with Crippen LogP contribution in [0, 0.1) is 0 Å². The molecule has 0 N–H and O–H groups in total. The van der Waals surface area contributed by atoms with Crippen molar-refractivity contribution in [2.45, 2.75) is 37.9 Å². The molecule has 2 atom stereocenters. The zero-order valence-electron chi connectivity index (χ0n) is 13.8. The van der Waals surface area contributed by atoms with Gasteiger partial charge in [0.15, 0.2) is 0 Å². The number of rotatable bonds is 3. The van der Waals surface area contributed by atoms with Crippen molar-refractivity contribution in [2.24, 2.45) is 0 Å². The van der Waals surface area contributed by atoms with E-state index in [1.807, 2.05) is 21.9 Å². The van der Waals surface area contributed by atoms with Crippen molar-refractivity contribution in [3.8, 4) is 0 Å². The third kappa shape index (κ3) is 2.97. The minimum Gasteiger partial charge on any atom is -0.333 e. The summed E-state index contributed by atoms with van der Waals surface area (Å²) < 4.78 is 0. The van der Waals surface area contributed by atoms with Crippen LogP contribution in [-0.2, 0) is 11.3 Å². The highest BCUT2D eigenvalue weighted by Crippen LogP contribution is 2.33. The molecule has 2 amide bonds. The molecule has 4 rings (SSSR count). The predicted octanol–water partition coefficient (Wildman–Crippen LogP) is 1.28. The molecule has 25 heavy (non-hydrogen) atoms. The lowest BCUT2D eigenvalue weighted by Crippen LogP contribution is -2.52. The fraction of sp³-hybridized carbons (Fsp3) is 0.389. The van der Waals surface area contributed by atoms with Crippen molar-refractivity contribution in [1.82, 2.24) is 25.0 Å². The van der Waals surface area contributed by atoms with Crippen molar-refractivity contribution in [3.63, 3.8) is 0 Å². The average Bonchev–Trinajstić information content (AvgIpc) is 3.09. The monoisotopic (exact) mass is 337 g/mol. The summed E-state index contributed by atoms with van der Waals surface area (Å²) in [5.41, 5.74) is 1.61. The zero-order valence-corrected chi connectivity index (χ0v) is 13.8. The Morgan fingerprint density at radius 1 is 1.08 bits per heavy atom. The summed E-state index contributed by atoms with van der Waals surface area (Å²) in [6.45, 7) is 1.23. The van der Waals surface area contributed by atoms with Crippen LogP contribution in [0.4, 0.5) is 0 Å². The van der Waals surface area contributed by atoms with Gasteiger partial charge in [-0.3, -0.25) is 14.6 Å². The number of hydrogen-bond donors (Lipinski definition) is 0. The van der Waals surface area contributed by atoms with Crippen molar-refractivity contribution in [3.05, 3.63) is 54.1 Å². The van der Waals surface area contributed by atoms with Gasteiger partial charge in [0.2, 0.25) is 5.91 Å². The molecule has 0 unspecified atom stereocenters. The van der Waals surface area contributed by atoms with Gasteiger partial charge in [-0.25, -0.2) is 0 Å². The molecule has 7 nitrogen and oxygen atoms in total. The van der Waals surface area contributed by atoms with Gasteiger partial charge in [0.1, 0.15) is 0 Å². The van der Waals surface area contributed by atoms with Crippen LogP contribution >= 0.6 is 0 Å². The first-order chi connectivity index (χ1) is 12.2. The molecule has 0 spiro atoms.